The second-order valence-electron chi connectivity index (χ2n) is 9.53. The lowest BCUT2D eigenvalue weighted by Gasteiger charge is -2.29. The summed E-state index contributed by atoms with van der Waals surface area (Å²) in [7, 11) is 0. The van der Waals surface area contributed by atoms with Crippen LogP contribution in [0.5, 0.6) is 5.75 Å². The number of aromatic nitrogens is 4. The fraction of sp³-hybridized carbons (Fsp3) is 0.423. The molecule has 5 rings (SSSR count). The van der Waals surface area contributed by atoms with Crippen molar-refractivity contribution in [2.75, 3.05) is 23.3 Å². The molecule has 0 unspecified atom stereocenters. The molecule has 0 bridgehead atoms. The first-order valence-corrected chi connectivity index (χ1v) is 13.1. The number of fused-ring (bicyclic) bond motifs is 1. The Morgan fingerprint density at radius 2 is 2.03 bits per heavy atom. The zero-order chi connectivity index (χ0) is 26.2. The van der Waals surface area contributed by atoms with Gasteiger partial charge in [-0.05, 0) is 86.0 Å². The summed E-state index contributed by atoms with van der Waals surface area (Å²) in [6.07, 6.45) is -0.741. The Hall–Kier alpha value is -3.34. The number of nitrogens with one attached hydrogen (secondary N) is 1. The van der Waals surface area contributed by atoms with Crippen LogP contribution in [0, 0.1) is 18.8 Å². The van der Waals surface area contributed by atoms with Crippen molar-refractivity contribution in [3.05, 3.63) is 54.4 Å². The van der Waals surface area contributed by atoms with E-state index in [1.165, 1.54) is 34.7 Å². The molecule has 1 aromatic carbocycles. The van der Waals surface area contributed by atoms with Gasteiger partial charge >= 0.3 is 6.36 Å². The van der Waals surface area contributed by atoms with Crippen LogP contribution in [-0.2, 0) is 0 Å². The Morgan fingerprint density at radius 3 is 2.76 bits per heavy atom. The summed E-state index contributed by atoms with van der Waals surface area (Å²) in [5.41, 5.74) is 2.83. The molecule has 0 amide bonds. The van der Waals surface area contributed by atoms with Crippen LogP contribution in [0.3, 0.4) is 0 Å². The molecule has 1 fully saturated rings. The molecule has 0 spiro atoms. The van der Waals surface area contributed by atoms with E-state index in [0.717, 1.165) is 31.6 Å². The fourth-order valence-electron chi connectivity index (χ4n) is 5.13. The highest BCUT2D eigenvalue weighted by Crippen LogP contribution is 2.36. The number of aryl methyl sites for hydroxylation is 1. The number of hydrogen-bond donors (Lipinski definition) is 1. The number of pyridine rings is 1. The lowest BCUT2D eigenvalue weighted by atomic mass is 9.98. The average molecular weight is 531 g/mol. The molecule has 3 aromatic heterocycles. The number of alkyl halides is 3. The lowest BCUT2D eigenvalue weighted by Crippen LogP contribution is -2.38. The molecule has 0 saturated heterocycles. The predicted octanol–water partition coefficient (Wildman–Crippen LogP) is 6.41. The topological polar surface area (TPSA) is 67.6 Å². The minimum Gasteiger partial charge on any atom is -0.406 e. The molecule has 1 saturated carbocycles. The Kier molecular flexibility index (Phi) is 6.98. The molecule has 3 heterocycles. The van der Waals surface area contributed by atoms with Gasteiger partial charge in [-0.3, -0.25) is 0 Å². The molecule has 1 aliphatic rings. The van der Waals surface area contributed by atoms with Gasteiger partial charge in [-0.2, -0.15) is 9.36 Å². The van der Waals surface area contributed by atoms with Gasteiger partial charge < -0.3 is 15.0 Å². The van der Waals surface area contributed by atoms with Gasteiger partial charge in [0.2, 0.25) is 5.95 Å². The SMILES string of the molecule is CCN(C[C@@H]1CC[C@H](C)[C@H]1Nc1nc2c(-c3cccc(OC(F)(F)F)c3)cccn2n1)c1cc(C)ns1. The van der Waals surface area contributed by atoms with Crippen LogP contribution in [0.1, 0.15) is 32.4 Å². The van der Waals surface area contributed by atoms with Gasteiger partial charge in [-0.1, -0.05) is 19.1 Å². The minimum absolute atomic E-state index is 0.201. The van der Waals surface area contributed by atoms with Crippen molar-refractivity contribution in [2.24, 2.45) is 11.8 Å². The minimum atomic E-state index is -4.75. The van der Waals surface area contributed by atoms with E-state index in [-0.39, 0.29) is 11.8 Å². The second kappa shape index (κ2) is 10.2. The Morgan fingerprint density at radius 1 is 1.19 bits per heavy atom. The molecule has 37 heavy (non-hydrogen) atoms. The monoisotopic (exact) mass is 530 g/mol. The average Bonchev–Trinajstić information content (AvgIpc) is 3.55. The first-order valence-electron chi connectivity index (χ1n) is 12.4. The molecule has 7 nitrogen and oxygen atoms in total. The highest BCUT2D eigenvalue weighted by molar-refractivity contribution is 7.10. The van der Waals surface area contributed by atoms with Crippen LogP contribution in [0.25, 0.3) is 16.8 Å². The predicted molar refractivity (Wildman–Crippen MR) is 139 cm³/mol. The van der Waals surface area contributed by atoms with Crippen LogP contribution < -0.4 is 15.0 Å². The summed E-state index contributed by atoms with van der Waals surface area (Å²) in [5.74, 6) is 1.11. The van der Waals surface area contributed by atoms with Crippen LogP contribution in [0.4, 0.5) is 24.1 Å². The third-order valence-electron chi connectivity index (χ3n) is 6.91. The number of halogens is 3. The first-order chi connectivity index (χ1) is 17.7. The van der Waals surface area contributed by atoms with E-state index in [2.05, 4.69) is 44.3 Å². The third kappa shape index (κ3) is 5.66. The lowest BCUT2D eigenvalue weighted by molar-refractivity contribution is -0.274. The number of benzene rings is 1. The number of nitrogens with zero attached hydrogens (tertiary/aromatic N) is 5. The molecule has 11 heteroatoms. The zero-order valence-corrected chi connectivity index (χ0v) is 21.7. The smallest absolute Gasteiger partial charge is 0.406 e. The van der Waals surface area contributed by atoms with Crippen molar-refractivity contribution in [2.45, 2.75) is 46.0 Å². The number of hydrogen-bond acceptors (Lipinski definition) is 7. The maximum absolute atomic E-state index is 12.7. The van der Waals surface area contributed by atoms with Crippen LogP contribution in [-0.4, -0.2) is 44.5 Å². The van der Waals surface area contributed by atoms with Crippen LogP contribution in [0.15, 0.2) is 48.7 Å². The summed E-state index contributed by atoms with van der Waals surface area (Å²) in [4.78, 5) is 7.12. The molecule has 1 aliphatic carbocycles. The molecule has 3 atom stereocenters. The third-order valence-corrected chi connectivity index (χ3v) is 7.86. The Balaban J connectivity index is 1.38. The Bertz CT molecular complexity index is 1370. The fourth-order valence-corrected chi connectivity index (χ4v) is 5.96. The standard InChI is InChI=1S/C26H29F3N6OS/c1-4-34(22-13-17(3)33-37-22)15-19-11-10-16(2)23(19)30-25-31-24-21(9-6-12-35(24)32-25)18-7-5-8-20(14-18)36-26(27,28)29/h5-9,12-14,16,19,23H,4,10-11,15H2,1-3H3,(H,30,32)/t16-,19-,23+/m0/s1. The molecule has 4 aromatic rings. The molecule has 0 radical (unpaired) electrons. The summed E-state index contributed by atoms with van der Waals surface area (Å²) in [6, 6.07) is 11.9. The zero-order valence-electron chi connectivity index (χ0n) is 20.9. The number of anilines is 2. The quantitative estimate of drug-likeness (QED) is 0.284. The summed E-state index contributed by atoms with van der Waals surface area (Å²) in [5, 5.41) is 9.40. The second-order valence-corrected chi connectivity index (χ2v) is 10.3. The van der Waals surface area contributed by atoms with Crippen LogP contribution >= 0.6 is 11.5 Å². The van der Waals surface area contributed by atoms with E-state index in [4.69, 9.17) is 4.98 Å². The first kappa shape index (κ1) is 25.3. The number of ether oxygens (including phenoxy) is 1. The van der Waals surface area contributed by atoms with E-state index < -0.39 is 6.36 Å². The van der Waals surface area contributed by atoms with E-state index in [9.17, 15) is 13.2 Å². The number of rotatable bonds is 8. The molecular weight excluding hydrogens is 501 g/mol. The van der Waals surface area contributed by atoms with Crippen molar-refractivity contribution < 1.29 is 17.9 Å². The molecular formula is C26H29F3N6OS. The maximum atomic E-state index is 12.7. The van der Waals surface area contributed by atoms with E-state index in [1.807, 2.05) is 13.0 Å². The van der Waals surface area contributed by atoms with Crippen molar-refractivity contribution >= 4 is 28.1 Å². The van der Waals surface area contributed by atoms with E-state index >= 15 is 0 Å². The van der Waals surface area contributed by atoms with Gasteiger partial charge in [0.15, 0.2) is 5.65 Å². The van der Waals surface area contributed by atoms with Gasteiger partial charge in [0.05, 0.1) is 5.69 Å². The molecule has 0 aliphatic heterocycles. The van der Waals surface area contributed by atoms with Crippen molar-refractivity contribution in [1.82, 2.24) is 19.0 Å². The van der Waals surface area contributed by atoms with Gasteiger partial charge in [0.25, 0.3) is 0 Å². The van der Waals surface area contributed by atoms with Gasteiger partial charge in [0, 0.05) is 30.9 Å². The highest BCUT2D eigenvalue weighted by Gasteiger charge is 2.35. The summed E-state index contributed by atoms with van der Waals surface area (Å²) >= 11 is 1.53. The van der Waals surface area contributed by atoms with Crippen molar-refractivity contribution in [3.63, 3.8) is 0 Å². The Labute approximate surface area is 217 Å². The van der Waals surface area contributed by atoms with Crippen molar-refractivity contribution in [1.29, 1.82) is 0 Å². The molecule has 1 N–H and O–H groups in total. The van der Waals surface area contributed by atoms with Crippen molar-refractivity contribution in [3.8, 4) is 16.9 Å². The van der Waals surface area contributed by atoms with Gasteiger partial charge in [0.1, 0.15) is 10.8 Å². The largest absolute Gasteiger partial charge is 0.573 e. The van der Waals surface area contributed by atoms with Crippen LogP contribution in [0.2, 0.25) is 0 Å². The summed E-state index contributed by atoms with van der Waals surface area (Å²) < 4.78 is 48.4. The van der Waals surface area contributed by atoms with Gasteiger partial charge in [-0.15, -0.1) is 18.3 Å². The van der Waals surface area contributed by atoms with Gasteiger partial charge in [-0.25, -0.2) is 4.52 Å². The normalized spacial score (nSPS) is 19.9. The molecule has 196 valence electrons. The summed E-state index contributed by atoms with van der Waals surface area (Å²) in [6.45, 7) is 8.25. The highest BCUT2D eigenvalue weighted by atomic mass is 32.1. The van der Waals surface area contributed by atoms with E-state index in [0.29, 0.717) is 34.6 Å². The van der Waals surface area contributed by atoms with E-state index in [1.54, 1.807) is 22.8 Å². The maximum Gasteiger partial charge on any atom is 0.573 e.